The third kappa shape index (κ3) is 4.61. The van der Waals surface area contributed by atoms with Crippen LogP contribution in [0.4, 0.5) is 0 Å². The second-order valence-electron chi connectivity index (χ2n) is 5.50. The van der Waals surface area contributed by atoms with E-state index in [0.29, 0.717) is 13.1 Å². The fourth-order valence-corrected chi connectivity index (χ4v) is 3.32. The molecular formula is C16H22N4OS. The third-order valence-electron chi connectivity index (χ3n) is 3.32. The quantitative estimate of drug-likeness (QED) is 0.889. The van der Waals surface area contributed by atoms with Gasteiger partial charge in [0.1, 0.15) is 0 Å². The van der Waals surface area contributed by atoms with E-state index in [2.05, 4.69) is 15.3 Å². The molecule has 6 heteroatoms. The zero-order chi connectivity index (χ0) is 16.1. The van der Waals surface area contributed by atoms with E-state index in [-0.39, 0.29) is 11.9 Å². The van der Waals surface area contributed by atoms with E-state index in [0.717, 1.165) is 21.1 Å². The summed E-state index contributed by atoms with van der Waals surface area (Å²) in [6, 6.07) is 3.84. The van der Waals surface area contributed by atoms with Crippen LogP contribution >= 0.6 is 11.3 Å². The molecule has 1 amide bonds. The van der Waals surface area contributed by atoms with Crippen LogP contribution in [0.2, 0.25) is 0 Å². The lowest BCUT2D eigenvalue weighted by Gasteiger charge is -2.18. The molecular weight excluding hydrogens is 296 g/mol. The molecule has 0 aromatic carbocycles. The fourth-order valence-electron chi connectivity index (χ4n) is 2.41. The number of likely N-dealkylation sites (N-methyl/N-ethyl adjacent to an activating group) is 1. The van der Waals surface area contributed by atoms with E-state index < -0.39 is 0 Å². The van der Waals surface area contributed by atoms with Crippen molar-refractivity contribution in [1.82, 2.24) is 20.2 Å². The molecule has 0 aliphatic carbocycles. The Morgan fingerprint density at radius 1 is 1.45 bits per heavy atom. The maximum absolute atomic E-state index is 12.2. The lowest BCUT2D eigenvalue weighted by atomic mass is 10.2. The molecule has 0 fully saturated rings. The van der Waals surface area contributed by atoms with Gasteiger partial charge < -0.3 is 5.32 Å². The monoisotopic (exact) mass is 318 g/mol. The predicted octanol–water partition coefficient (Wildman–Crippen LogP) is 2.46. The van der Waals surface area contributed by atoms with Crippen LogP contribution in [0.5, 0.6) is 0 Å². The minimum Gasteiger partial charge on any atom is -0.347 e. The number of nitrogens with one attached hydrogen (secondary N) is 1. The van der Waals surface area contributed by atoms with Gasteiger partial charge in [0, 0.05) is 23.8 Å². The highest BCUT2D eigenvalue weighted by Gasteiger charge is 2.16. The van der Waals surface area contributed by atoms with Crippen LogP contribution in [0.25, 0.3) is 0 Å². The first kappa shape index (κ1) is 16.6. The van der Waals surface area contributed by atoms with Gasteiger partial charge in [-0.25, -0.2) is 4.98 Å². The summed E-state index contributed by atoms with van der Waals surface area (Å²) < 4.78 is 0. The molecule has 2 heterocycles. The Bertz CT molecular complexity index is 626. The summed E-state index contributed by atoms with van der Waals surface area (Å²) in [5.41, 5.74) is 2.06. The Balaban J connectivity index is 1.86. The summed E-state index contributed by atoms with van der Waals surface area (Å²) in [5.74, 6) is 0.00365. The summed E-state index contributed by atoms with van der Waals surface area (Å²) in [6.45, 7) is 7.04. The topological polar surface area (TPSA) is 58.1 Å². The molecule has 0 saturated carbocycles. The first-order valence-corrected chi connectivity index (χ1v) is 8.08. The predicted molar refractivity (Wildman–Crippen MR) is 88.7 cm³/mol. The van der Waals surface area contributed by atoms with Crippen molar-refractivity contribution in [1.29, 1.82) is 0 Å². The van der Waals surface area contributed by atoms with Crippen molar-refractivity contribution in [3.05, 3.63) is 45.7 Å². The summed E-state index contributed by atoms with van der Waals surface area (Å²) in [6.07, 6.45) is 3.56. The van der Waals surface area contributed by atoms with Gasteiger partial charge in [-0.2, -0.15) is 0 Å². The van der Waals surface area contributed by atoms with Crippen molar-refractivity contribution in [3.8, 4) is 0 Å². The van der Waals surface area contributed by atoms with Gasteiger partial charge in [-0.05, 0) is 39.4 Å². The van der Waals surface area contributed by atoms with Crippen molar-refractivity contribution >= 4 is 17.2 Å². The number of nitrogens with zero attached hydrogens (tertiary/aromatic N) is 3. The zero-order valence-corrected chi connectivity index (χ0v) is 14.3. The molecule has 118 valence electrons. The molecule has 0 saturated heterocycles. The number of thiazole rings is 1. The van der Waals surface area contributed by atoms with E-state index in [4.69, 9.17) is 0 Å². The highest BCUT2D eigenvalue weighted by molar-refractivity contribution is 7.11. The number of carbonyl (C=O) groups excluding carboxylic acids is 1. The Kier molecular flexibility index (Phi) is 5.63. The van der Waals surface area contributed by atoms with Crippen molar-refractivity contribution in [2.45, 2.75) is 33.4 Å². The number of hydrogen-bond donors (Lipinski definition) is 1. The Labute approximate surface area is 135 Å². The number of aromatic nitrogens is 2. The molecule has 0 bridgehead atoms. The van der Waals surface area contributed by atoms with E-state index in [1.54, 1.807) is 17.5 Å². The van der Waals surface area contributed by atoms with Crippen LogP contribution in [0.1, 0.15) is 34.1 Å². The van der Waals surface area contributed by atoms with Gasteiger partial charge in [0.15, 0.2) is 0 Å². The van der Waals surface area contributed by atoms with Gasteiger partial charge in [-0.1, -0.05) is 6.07 Å². The molecule has 1 atom stereocenters. The second kappa shape index (κ2) is 7.47. The Hall–Kier alpha value is -1.79. The zero-order valence-electron chi connectivity index (χ0n) is 13.5. The van der Waals surface area contributed by atoms with Gasteiger partial charge >= 0.3 is 0 Å². The molecule has 0 radical (unpaired) electrons. The van der Waals surface area contributed by atoms with E-state index in [1.165, 1.54) is 0 Å². The van der Waals surface area contributed by atoms with Crippen molar-refractivity contribution in [2.75, 3.05) is 13.6 Å². The average Bonchev–Trinajstić information content (AvgIpc) is 2.78. The van der Waals surface area contributed by atoms with Gasteiger partial charge in [0.2, 0.25) is 5.91 Å². The molecule has 5 nitrogen and oxygen atoms in total. The Morgan fingerprint density at radius 2 is 2.23 bits per heavy atom. The van der Waals surface area contributed by atoms with Crippen LogP contribution in [-0.4, -0.2) is 34.4 Å². The van der Waals surface area contributed by atoms with Gasteiger partial charge in [-0.15, -0.1) is 11.3 Å². The number of hydrogen-bond acceptors (Lipinski definition) is 5. The Morgan fingerprint density at radius 3 is 2.82 bits per heavy atom. The molecule has 1 N–H and O–H groups in total. The molecule has 2 aromatic rings. The number of amides is 1. The molecule has 0 aliphatic heterocycles. The maximum Gasteiger partial charge on any atom is 0.234 e. The number of aryl methyl sites for hydroxylation is 2. The van der Waals surface area contributed by atoms with Crippen LogP contribution < -0.4 is 5.32 Å². The summed E-state index contributed by atoms with van der Waals surface area (Å²) >= 11 is 1.66. The largest absolute Gasteiger partial charge is 0.347 e. The lowest BCUT2D eigenvalue weighted by molar-refractivity contribution is -0.122. The highest BCUT2D eigenvalue weighted by atomic mass is 32.1. The smallest absolute Gasteiger partial charge is 0.234 e. The molecule has 2 rings (SSSR count). The summed E-state index contributed by atoms with van der Waals surface area (Å²) in [7, 11) is 1.93. The van der Waals surface area contributed by atoms with Gasteiger partial charge in [0.05, 0.1) is 23.3 Å². The second-order valence-corrected chi connectivity index (χ2v) is 6.90. The van der Waals surface area contributed by atoms with E-state index in [9.17, 15) is 4.79 Å². The first-order chi connectivity index (χ1) is 10.5. The van der Waals surface area contributed by atoms with Gasteiger partial charge in [-0.3, -0.25) is 14.7 Å². The molecule has 0 spiro atoms. The summed E-state index contributed by atoms with van der Waals surface area (Å²) in [4.78, 5) is 23.9. The minimum atomic E-state index is -0.0655. The van der Waals surface area contributed by atoms with Gasteiger partial charge in [0.25, 0.3) is 0 Å². The maximum atomic E-state index is 12.2. The minimum absolute atomic E-state index is 0.00365. The standard InChI is InChI=1S/C16H22N4OS/c1-11(16-12(2)22-13(3)19-16)18-15(21)10-20(4)9-14-6-5-7-17-8-14/h5-8,11H,9-10H2,1-4H3,(H,18,21). The fraction of sp³-hybridized carbons (Fsp3) is 0.438. The number of pyridine rings is 1. The molecule has 2 aromatic heterocycles. The summed E-state index contributed by atoms with van der Waals surface area (Å²) in [5, 5.41) is 4.04. The van der Waals surface area contributed by atoms with Crippen molar-refractivity contribution < 1.29 is 4.79 Å². The first-order valence-electron chi connectivity index (χ1n) is 7.26. The van der Waals surface area contributed by atoms with Crippen LogP contribution in [0, 0.1) is 13.8 Å². The number of rotatable bonds is 6. The van der Waals surface area contributed by atoms with Crippen LogP contribution in [0.3, 0.4) is 0 Å². The van der Waals surface area contributed by atoms with Crippen molar-refractivity contribution in [2.24, 2.45) is 0 Å². The third-order valence-corrected chi connectivity index (χ3v) is 4.22. The highest BCUT2D eigenvalue weighted by Crippen LogP contribution is 2.22. The van der Waals surface area contributed by atoms with E-state index in [1.807, 2.05) is 51.0 Å². The normalized spacial score (nSPS) is 12.4. The lowest BCUT2D eigenvalue weighted by Crippen LogP contribution is -2.36. The SMILES string of the molecule is Cc1nc(C(C)NC(=O)CN(C)Cc2cccnc2)c(C)s1. The average molecular weight is 318 g/mol. The van der Waals surface area contributed by atoms with Crippen LogP contribution in [0.15, 0.2) is 24.5 Å². The molecule has 22 heavy (non-hydrogen) atoms. The van der Waals surface area contributed by atoms with Crippen molar-refractivity contribution in [3.63, 3.8) is 0 Å². The molecule has 1 unspecified atom stereocenters. The molecule has 0 aliphatic rings. The number of carbonyl (C=O) groups is 1. The van der Waals surface area contributed by atoms with E-state index >= 15 is 0 Å². The van der Waals surface area contributed by atoms with Crippen LogP contribution in [-0.2, 0) is 11.3 Å².